The van der Waals surface area contributed by atoms with Gasteiger partial charge in [0.2, 0.25) is 5.91 Å². The van der Waals surface area contributed by atoms with E-state index in [-0.39, 0.29) is 29.9 Å². The molecule has 7 heteroatoms. The molecule has 0 saturated carbocycles. The number of carbonyl (C=O) groups is 1. The standard InChI is InChI=1S/C25H31F3N2O2/c1-18-8-10-20(11-9-18)23-17-29(14-21-6-4-5-7-24(21)25(26,27)28)15-22(23)16-30(19(2)31)12-13-32-3/h4-11,22-23H,12-17H2,1-3H3. The highest BCUT2D eigenvalue weighted by atomic mass is 19.4. The lowest BCUT2D eigenvalue weighted by atomic mass is 9.88. The van der Waals surface area contributed by atoms with E-state index in [1.807, 2.05) is 6.92 Å². The maximum absolute atomic E-state index is 13.5. The smallest absolute Gasteiger partial charge is 0.383 e. The highest BCUT2D eigenvalue weighted by molar-refractivity contribution is 5.73. The Balaban J connectivity index is 1.83. The first-order chi connectivity index (χ1) is 15.2. The van der Waals surface area contributed by atoms with Gasteiger partial charge in [0, 0.05) is 52.7 Å². The van der Waals surface area contributed by atoms with E-state index < -0.39 is 11.7 Å². The van der Waals surface area contributed by atoms with E-state index in [1.165, 1.54) is 6.07 Å². The van der Waals surface area contributed by atoms with Crippen LogP contribution >= 0.6 is 0 Å². The number of aryl methyl sites for hydroxylation is 1. The lowest BCUT2D eigenvalue weighted by Crippen LogP contribution is -2.38. The first kappa shape index (κ1) is 24.3. The predicted octanol–water partition coefficient (Wildman–Crippen LogP) is 4.72. The van der Waals surface area contributed by atoms with Gasteiger partial charge in [0.15, 0.2) is 0 Å². The first-order valence-electron chi connectivity index (χ1n) is 10.9. The zero-order valence-corrected chi connectivity index (χ0v) is 18.9. The maximum Gasteiger partial charge on any atom is 0.416 e. The van der Waals surface area contributed by atoms with E-state index in [4.69, 9.17) is 4.74 Å². The van der Waals surface area contributed by atoms with Crippen LogP contribution in [0.3, 0.4) is 0 Å². The molecule has 1 aliphatic heterocycles. The Morgan fingerprint density at radius 2 is 1.81 bits per heavy atom. The van der Waals surface area contributed by atoms with E-state index in [1.54, 1.807) is 31.1 Å². The number of carbonyl (C=O) groups excluding carboxylic acids is 1. The van der Waals surface area contributed by atoms with Crippen LogP contribution in [-0.4, -0.2) is 55.6 Å². The predicted molar refractivity (Wildman–Crippen MR) is 118 cm³/mol. The molecule has 1 fully saturated rings. The van der Waals surface area contributed by atoms with E-state index in [9.17, 15) is 18.0 Å². The molecule has 0 bridgehead atoms. The monoisotopic (exact) mass is 448 g/mol. The summed E-state index contributed by atoms with van der Waals surface area (Å²) in [4.78, 5) is 16.0. The summed E-state index contributed by atoms with van der Waals surface area (Å²) < 4.78 is 45.6. The van der Waals surface area contributed by atoms with Crippen LogP contribution in [0.15, 0.2) is 48.5 Å². The molecule has 1 heterocycles. The molecule has 174 valence electrons. The number of hydrogen-bond donors (Lipinski definition) is 0. The van der Waals surface area contributed by atoms with Crippen molar-refractivity contribution in [2.24, 2.45) is 5.92 Å². The Hall–Kier alpha value is -2.38. The summed E-state index contributed by atoms with van der Waals surface area (Å²) in [7, 11) is 1.60. The largest absolute Gasteiger partial charge is 0.416 e. The van der Waals surface area contributed by atoms with Gasteiger partial charge in [0.05, 0.1) is 12.2 Å². The van der Waals surface area contributed by atoms with Gasteiger partial charge in [-0.25, -0.2) is 0 Å². The molecule has 3 rings (SSSR count). The van der Waals surface area contributed by atoms with Gasteiger partial charge in [-0.3, -0.25) is 9.69 Å². The van der Waals surface area contributed by atoms with Gasteiger partial charge in [0.25, 0.3) is 0 Å². The molecule has 0 aliphatic carbocycles. The van der Waals surface area contributed by atoms with Crippen molar-refractivity contribution >= 4 is 5.91 Å². The van der Waals surface area contributed by atoms with Gasteiger partial charge in [-0.1, -0.05) is 48.0 Å². The van der Waals surface area contributed by atoms with Gasteiger partial charge in [0.1, 0.15) is 0 Å². The van der Waals surface area contributed by atoms with Crippen molar-refractivity contribution in [3.05, 3.63) is 70.8 Å². The Morgan fingerprint density at radius 3 is 2.44 bits per heavy atom. The second kappa shape index (κ2) is 10.5. The summed E-state index contributed by atoms with van der Waals surface area (Å²) in [6, 6.07) is 14.1. The van der Waals surface area contributed by atoms with Crippen LogP contribution in [0, 0.1) is 12.8 Å². The van der Waals surface area contributed by atoms with Crippen LogP contribution in [0.4, 0.5) is 13.2 Å². The van der Waals surface area contributed by atoms with Crippen molar-refractivity contribution in [1.82, 2.24) is 9.80 Å². The average Bonchev–Trinajstić information content (AvgIpc) is 3.13. The third-order valence-electron chi connectivity index (χ3n) is 6.20. The van der Waals surface area contributed by atoms with Crippen LogP contribution < -0.4 is 0 Å². The van der Waals surface area contributed by atoms with E-state index in [0.717, 1.165) is 17.2 Å². The normalized spacial score (nSPS) is 19.3. The van der Waals surface area contributed by atoms with Crippen molar-refractivity contribution < 1.29 is 22.7 Å². The molecule has 2 atom stereocenters. The highest BCUT2D eigenvalue weighted by Gasteiger charge is 2.37. The van der Waals surface area contributed by atoms with Gasteiger partial charge >= 0.3 is 6.18 Å². The second-order valence-corrected chi connectivity index (χ2v) is 8.58. The van der Waals surface area contributed by atoms with Crippen LogP contribution in [0.5, 0.6) is 0 Å². The summed E-state index contributed by atoms with van der Waals surface area (Å²) in [6.07, 6.45) is -4.38. The Bertz CT molecular complexity index is 899. The van der Waals surface area contributed by atoms with Crippen molar-refractivity contribution in [2.75, 3.05) is 39.9 Å². The summed E-state index contributed by atoms with van der Waals surface area (Å²) >= 11 is 0. The molecular weight excluding hydrogens is 417 g/mol. The molecule has 32 heavy (non-hydrogen) atoms. The van der Waals surface area contributed by atoms with Crippen LogP contribution in [-0.2, 0) is 22.3 Å². The fraction of sp³-hybridized carbons (Fsp3) is 0.480. The summed E-state index contributed by atoms with van der Waals surface area (Å²) in [5.41, 5.74) is 2.01. The van der Waals surface area contributed by atoms with Gasteiger partial charge in [-0.2, -0.15) is 13.2 Å². The van der Waals surface area contributed by atoms with Gasteiger partial charge in [-0.15, -0.1) is 0 Å². The van der Waals surface area contributed by atoms with E-state index in [2.05, 4.69) is 29.2 Å². The average molecular weight is 449 g/mol. The number of benzene rings is 2. The molecule has 0 N–H and O–H groups in total. The number of halogens is 3. The molecule has 0 aromatic heterocycles. The maximum atomic E-state index is 13.5. The molecule has 1 amide bonds. The second-order valence-electron chi connectivity index (χ2n) is 8.58. The lowest BCUT2D eigenvalue weighted by molar-refractivity contribution is -0.138. The third-order valence-corrected chi connectivity index (χ3v) is 6.20. The molecule has 2 aromatic carbocycles. The lowest BCUT2D eigenvalue weighted by Gasteiger charge is -2.27. The minimum atomic E-state index is -4.38. The SMILES string of the molecule is COCCN(CC1CN(Cc2ccccc2C(F)(F)F)CC1c1ccc(C)cc1)C(C)=O. The quantitative estimate of drug-likeness (QED) is 0.586. The molecule has 0 radical (unpaired) electrons. The van der Waals surface area contributed by atoms with Gasteiger partial charge in [-0.05, 0) is 30.0 Å². The molecular formula is C25H31F3N2O2. The van der Waals surface area contributed by atoms with Crippen LogP contribution in [0.25, 0.3) is 0 Å². The van der Waals surface area contributed by atoms with Crippen molar-refractivity contribution in [3.8, 4) is 0 Å². The van der Waals surface area contributed by atoms with Crippen molar-refractivity contribution in [1.29, 1.82) is 0 Å². The fourth-order valence-electron chi connectivity index (χ4n) is 4.50. The van der Waals surface area contributed by atoms with E-state index >= 15 is 0 Å². The number of nitrogens with zero attached hydrogens (tertiary/aromatic N) is 2. The topological polar surface area (TPSA) is 32.8 Å². The highest BCUT2D eigenvalue weighted by Crippen LogP contribution is 2.37. The van der Waals surface area contributed by atoms with Crippen molar-refractivity contribution in [2.45, 2.75) is 32.5 Å². The number of amides is 1. The molecule has 4 nitrogen and oxygen atoms in total. The van der Waals surface area contributed by atoms with Crippen LogP contribution in [0.2, 0.25) is 0 Å². The number of likely N-dealkylation sites (tertiary alicyclic amines) is 1. The molecule has 1 aliphatic rings. The third kappa shape index (κ3) is 6.11. The Kier molecular flexibility index (Phi) is 7.96. The number of methoxy groups -OCH3 is 1. The number of hydrogen-bond acceptors (Lipinski definition) is 3. The molecule has 2 aromatic rings. The molecule has 2 unspecified atom stereocenters. The Morgan fingerprint density at radius 1 is 1.12 bits per heavy atom. The Labute approximate surface area is 188 Å². The first-order valence-corrected chi connectivity index (χ1v) is 10.9. The summed E-state index contributed by atoms with van der Waals surface area (Å²) in [6.45, 7) is 6.57. The minimum Gasteiger partial charge on any atom is -0.383 e. The summed E-state index contributed by atoms with van der Waals surface area (Å²) in [5.74, 6) is 0.236. The van der Waals surface area contributed by atoms with Gasteiger partial charge < -0.3 is 9.64 Å². The zero-order valence-electron chi connectivity index (χ0n) is 18.9. The minimum absolute atomic E-state index is 0.0226. The number of rotatable bonds is 8. The fourth-order valence-corrected chi connectivity index (χ4v) is 4.50. The zero-order chi connectivity index (χ0) is 23.3. The number of ether oxygens (including phenoxy) is 1. The molecule has 1 saturated heterocycles. The number of alkyl halides is 3. The van der Waals surface area contributed by atoms with Crippen LogP contribution in [0.1, 0.15) is 35.1 Å². The van der Waals surface area contributed by atoms with E-state index in [0.29, 0.717) is 32.8 Å². The summed E-state index contributed by atoms with van der Waals surface area (Å²) in [5, 5.41) is 0. The van der Waals surface area contributed by atoms with Crippen molar-refractivity contribution in [3.63, 3.8) is 0 Å². The molecule has 0 spiro atoms.